The Balaban J connectivity index is 3.35. The van der Waals surface area contributed by atoms with Gasteiger partial charge in [0, 0.05) is 5.92 Å². The summed E-state index contributed by atoms with van der Waals surface area (Å²) in [6, 6.07) is 0. The van der Waals surface area contributed by atoms with Crippen molar-refractivity contribution in [2.45, 2.75) is 72.5 Å². The van der Waals surface area contributed by atoms with Gasteiger partial charge in [-0.05, 0) is 47.0 Å². The standard InChI is InChI=1S/C21H32O5/c1-7-14(6)18(23)17-19(24)15(10-8-12(2)3)21(26,20(17)25)16(22)11-9-13(4)5/h8-9,14-17,22,26H,7,10-11H2,1-6H3/t14?,15-,16+,17?,21+/m1/s1. The van der Waals surface area contributed by atoms with Gasteiger partial charge in [-0.1, -0.05) is 37.1 Å². The summed E-state index contributed by atoms with van der Waals surface area (Å²) >= 11 is 0. The van der Waals surface area contributed by atoms with Crippen molar-refractivity contribution in [2.75, 3.05) is 0 Å². The zero-order valence-corrected chi connectivity index (χ0v) is 16.7. The quantitative estimate of drug-likeness (QED) is 0.510. The highest BCUT2D eigenvalue weighted by molar-refractivity contribution is 6.28. The fraction of sp³-hybridized carbons (Fsp3) is 0.667. The lowest BCUT2D eigenvalue weighted by molar-refractivity contribution is -0.156. The van der Waals surface area contributed by atoms with Crippen LogP contribution < -0.4 is 0 Å². The van der Waals surface area contributed by atoms with E-state index in [1.165, 1.54) is 0 Å². The van der Waals surface area contributed by atoms with E-state index in [0.717, 1.165) is 11.1 Å². The van der Waals surface area contributed by atoms with Gasteiger partial charge in [-0.25, -0.2) is 0 Å². The summed E-state index contributed by atoms with van der Waals surface area (Å²) in [5.74, 6) is -4.93. The molecule has 5 atom stereocenters. The molecule has 1 rings (SSSR count). The van der Waals surface area contributed by atoms with E-state index in [2.05, 4.69) is 0 Å². The van der Waals surface area contributed by atoms with Crippen LogP contribution in [-0.4, -0.2) is 39.3 Å². The van der Waals surface area contributed by atoms with Gasteiger partial charge in [-0.15, -0.1) is 0 Å². The second-order valence-electron chi connectivity index (χ2n) is 7.84. The van der Waals surface area contributed by atoms with Crippen LogP contribution in [-0.2, 0) is 14.4 Å². The summed E-state index contributed by atoms with van der Waals surface area (Å²) in [6.45, 7) is 10.9. The minimum absolute atomic E-state index is 0.0490. The largest absolute Gasteiger partial charge is 0.389 e. The number of carbonyl (C=O) groups excluding carboxylic acids is 3. The van der Waals surface area contributed by atoms with Crippen LogP contribution in [0.2, 0.25) is 0 Å². The summed E-state index contributed by atoms with van der Waals surface area (Å²) in [6.07, 6.45) is 2.71. The lowest BCUT2D eigenvalue weighted by Gasteiger charge is -2.31. The van der Waals surface area contributed by atoms with Crippen LogP contribution in [0.4, 0.5) is 0 Å². The summed E-state index contributed by atoms with van der Waals surface area (Å²) in [7, 11) is 0. The maximum absolute atomic E-state index is 12.9. The molecular formula is C21H32O5. The van der Waals surface area contributed by atoms with Gasteiger partial charge in [0.25, 0.3) is 0 Å². The predicted molar refractivity (Wildman–Crippen MR) is 101 cm³/mol. The lowest BCUT2D eigenvalue weighted by atomic mass is 9.80. The molecule has 0 aromatic carbocycles. The highest BCUT2D eigenvalue weighted by Gasteiger charge is 2.64. The van der Waals surface area contributed by atoms with Crippen molar-refractivity contribution in [1.82, 2.24) is 0 Å². The van der Waals surface area contributed by atoms with Crippen molar-refractivity contribution < 1.29 is 24.6 Å². The normalized spacial score (nSPS) is 27.8. The molecule has 2 N–H and O–H groups in total. The number of rotatable bonds is 8. The minimum atomic E-state index is -2.23. The number of carbonyl (C=O) groups is 3. The molecule has 5 heteroatoms. The Kier molecular flexibility index (Phi) is 7.66. The van der Waals surface area contributed by atoms with E-state index in [1.807, 2.05) is 34.6 Å². The van der Waals surface area contributed by atoms with Crippen molar-refractivity contribution >= 4 is 17.3 Å². The second-order valence-corrected chi connectivity index (χ2v) is 7.84. The third-order valence-electron chi connectivity index (χ3n) is 5.22. The molecular weight excluding hydrogens is 332 g/mol. The average molecular weight is 364 g/mol. The van der Waals surface area contributed by atoms with Crippen LogP contribution in [0.25, 0.3) is 0 Å². The SMILES string of the molecule is CCC(C)C(=O)C1C(=O)[C@@H](CC=C(C)C)[C@](O)([C@@H](O)CC=C(C)C)C1=O. The van der Waals surface area contributed by atoms with E-state index in [-0.39, 0.29) is 12.8 Å². The Labute approximate surface area is 156 Å². The fourth-order valence-corrected chi connectivity index (χ4v) is 3.28. The van der Waals surface area contributed by atoms with E-state index in [1.54, 1.807) is 19.1 Å². The molecule has 1 saturated carbocycles. The van der Waals surface area contributed by atoms with Gasteiger partial charge in [-0.3, -0.25) is 14.4 Å². The number of Topliss-reactive ketones (excluding diaryl/α,β-unsaturated/α-hetero) is 3. The molecule has 5 nitrogen and oxygen atoms in total. The van der Waals surface area contributed by atoms with E-state index >= 15 is 0 Å². The van der Waals surface area contributed by atoms with Crippen molar-refractivity contribution in [1.29, 1.82) is 0 Å². The van der Waals surface area contributed by atoms with Crippen molar-refractivity contribution in [2.24, 2.45) is 17.8 Å². The molecule has 26 heavy (non-hydrogen) atoms. The van der Waals surface area contributed by atoms with Crippen LogP contribution in [0, 0.1) is 17.8 Å². The van der Waals surface area contributed by atoms with E-state index in [9.17, 15) is 24.6 Å². The van der Waals surface area contributed by atoms with Crippen LogP contribution in [0.15, 0.2) is 23.3 Å². The monoisotopic (exact) mass is 364 g/mol. The lowest BCUT2D eigenvalue weighted by Crippen LogP contribution is -2.52. The predicted octanol–water partition coefficient (Wildman–Crippen LogP) is 2.79. The number of hydrogen-bond acceptors (Lipinski definition) is 5. The van der Waals surface area contributed by atoms with Gasteiger partial charge in [-0.2, -0.15) is 0 Å². The third-order valence-corrected chi connectivity index (χ3v) is 5.22. The maximum atomic E-state index is 12.9. The minimum Gasteiger partial charge on any atom is -0.389 e. The van der Waals surface area contributed by atoms with Gasteiger partial charge in [0.15, 0.2) is 23.0 Å². The van der Waals surface area contributed by atoms with E-state index in [4.69, 9.17) is 0 Å². The Hall–Kier alpha value is -1.59. The van der Waals surface area contributed by atoms with Crippen LogP contribution >= 0.6 is 0 Å². The molecule has 0 aromatic heterocycles. The Morgan fingerprint density at radius 3 is 2.15 bits per heavy atom. The number of ketones is 3. The first kappa shape index (κ1) is 22.5. The summed E-state index contributed by atoms with van der Waals surface area (Å²) in [5, 5.41) is 21.7. The summed E-state index contributed by atoms with van der Waals surface area (Å²) in [4.78, 5) is 38.4. The van der Waals surface area contributed by atoms with Crippen LogP contribution in [0.1, 0.15) is 60.8 Å². The van der Waals surface area contributed by atoms with Gasteiger partial charge in [0.05, 0.1) is 12.0 Å². The number of aliphatic hydroxyl groups is 2. The first-order valence-electron chi connectivity index (χ1n) is 9.27. The highest BCUT2D eigenvalue weighted by Crippen LogP contribution is 2.41. The molecule has 0 spiro atoms. The first-order chi connectivity index (χ1) is 12.0. The summed E-state index contributed by atoms with van der Waals surface area (Å²) < 4.78 is 0. The molecule has 1 aliphatic rings. The highest BCUT2D eigenvalue weighted by atomic mass is 16.4. The van der Waals surface area contributed by atoms with Gasteiger partial charge in [0.2, 0.25) is 0 Å². The van der Waals surface area contributed by atoms with Gasteiger partial charge in [0.1, 0.15) is 5.92 Å². The van der Waals surface area contributed by atoms with Gasteiger partial charge < -0.3 is 10.2 Å². The maximum Gasteiger partial charge on any atom is 0.185 e. The number of aliphatic hydroxyl groups excluding tert-OH is 1. The van der Waals surface area contributed by atoms with Crippen molar-refractivity contribution in [3.63, 3.8) is 0 Å². The topological polar surface area (TPSA) is 91.7 Å². The average Bonchev–Trinajstić information content (AvgIpc) is 2.76. The molecule has 0 radical (unpaired) electrons. The molecule has 2 unspecified atom stereocenters. The Morgan fingerprint density at radius 2 is 1.69 bits per heavy atom. The third kappa shape index (κ3) is 4.38. The molecule has 0 bridgehead atoms. The molecule has 0 aromatic rings. The molecule has 0 aliphatic heterocycles. The molecule has 1 aliphatic carbocycles. The molecule has 0 heterocycles. The second kappa shape index (κ2) is 8.87. The fourth-order valence-electron chi connectivity index (χ4n) is 3.28. The van der Waals surface area contributed by atoms with Crippen molar-refractivity contribution in [3.05, 3.63) is 23.3 Å². The number of allylic oxidation sites excluding steroid dienone is 3. The molecule has 1 fully saturated rings. The molecule has 0 amide bonds. The Morgan fingerprint density at radius 1 is 1.15 bits per heavy atom. The number of hydrogen-bond donors (Lipinski definition) is 2. The zero-order chi connectivity index (χ0) is 20.2. The Bertz CT molecular complexity index is 622. The van der Waals surface area contributed by atoms with Crippen LogP contribution in [0.3, 0.4) is 0 Å². The first-order valence-corrected chi connectivity index (χ1v) is 9.27. The van der Waals surface area contributed by atoms with E-state index in [0.29, 0.717) is 6.42 Å². The smallest absolute Gasteiger partial charge is 0.185 e. The zero-order valence-electron chi connectivity index (χ0n) is 16.7. The summed E-state index contributed by atoms with van der Waals surface area (Å²) in [5.41, 5.74) is -0.372. The van der Waals surface area contributed by atoms with Crippen molar-refractivity contribution in [3.8, 4) is 0 Å². The van der Waals surface area contributed by atoms with E-state index < -0.39 is 46.8 Å². The molecule has 146 valence electrons. The van der Waals surface area contributed by atoms with Gasteiger partial charge >= 0.3 is 0 Å². The molecule has 0 saturated heterocycles. The van der Waals surface area contributed by atoms with Crippen LogP contribution in [0.5, 0.6) is 0 Å².